The topological polar surface area (TPSA) is 86.3 Å². The summed E-state index contributed by atoms with van der Waals surface area (Å²) in [6, 6.07) is -0.832. The predicted molar refractivity (Wildman–Crippen MR) is 64.9 cm³/mol. The smallest absolute Gasteiger partial charge is 0.451 e. The Morgan fingerprint density at radius 1 is 1.43 bits per heavy atom. The number of halogens is 3. The van der Waals surface area contributed by atoms with Gasteiger partial charge in [-0.2, -0.15) is 13.2 Å². The van der Waals surface area contributed by atoms with Gasteiger partial charge in [-0.1, -0.05) is 0 Å². The number of hydrogen-bond donors (Lipinski definition) is 1. The number of rotatable bonds is 4. The fourth-order valence-electron chi connectivity index (χ4n) is 2.18. The van der Waals surface area contributed by atoms with Crippen LogP contribution in [0.5, 0.6) is 0 Å². The Morgan fingerprint density at radius 2 is 2.14 bits per heavy atom. The minimum absolute atomic E-state index is 0.104. The van der Waals surface area contributed by atoms with Gasteiger partial charge in [0.2, 0.25) is 5.82 Å². The van der Waals surface area contributed by atoms with Crippen LogP contribution in [-0.2, 0) is 28.8 Å². The van der Waals surface area contributed by atoms with Crippen LogP contribution in [0.15, 0.2) is 0 Å². The zero-order chi connectivity index (χ0) is 15.6. The molecule has 1 aliphatic heterocycles. The third-order valence-electron chi connectivity index (χ3n) is 3.13. The van der Waals surface area contributed by atoms with Crippen LogP contribution in [0, 0.1) is 0 Å². The van der Waals surface area contributed by atoms with E-state index in [1.807, 2.05) is 0 Å². The van der Waals surface area contributed by atoms with E-state index in [1.165, 1.54) is 0 Å². The second kappa shape index (κ2) is 5.98. The summed E-state index contributed by atoms with van der Waals surface area (Å²) in [5, 5.41) is 6.74. The van der Waals surface area contributed by atoms with Crippen molar-refractivity contribution in [1.82, 2.24) is 19.7 Å². The van der Waals surface area contributed by atoms with Crippen molar-refractivity contribution >= 4 is 5.97 Å². The van der Waals surface area contributed by atoms with Crippen LogP contribution in [-0.4, -0.2) is 51.4 Å². The van der Waals surface area contributed by atoms with Crippen LogP contribution in [0.25, 0.3) is 0 Å². The Balaban J connectivity index is 2.01. The zero-order valence-electron chi connectivity index (χ0n) is 11.4. The van der Waals surface area contributed by atoms with Crippen molar-refractivity contribution in [3.63, 3.8) is 0 Å². The summed E-state index contributed by atoms with van der Waals surface area (Å²) in [5.41, 5.74) is 5.69. The van der Waals surface area contributed by atoms with Crippen molar-refractivity contribution in [2.45, 2.75) is 32.2 Å². The summed E-state index contributed by atoms with van der Waals surface area (Å²) in [7, 11) is 0. The molecule has 2 heterocycles. The molecular weight excluding hydrogens is 291 g/mol. The third-order valence-corrected chi connectivity index (χ3v) is 3.13. The number of carbonyl (C=O) groups is 1. The van der Waals surface area contributed by atoms with Gasteiger partial charge in [0, 0.05) is 19.6 Å². The molecule has 0 spiro atoms. The molecule has 2 rings (SSSR count). The van der Waals surface area contributed by atoms with Gasteiger partial charge in [0.25, 0.3) is 0 Å². The lowest BCUT2D eigenvalue weighted by molar-refractivity contribution is -0.148. The SMILES string of the molecule is CCOC(=O)C(N)CN1CCn2c(nnc2C(F)(F)F)C1. The Hall–Kier alpha value is -1.68. The van der Waals surface area contributed by atoms with Crippen molar-refractivity contribution in [3.05, 3.63) is 11.6 Å². The van der Waals surface area contributed by atoms with E-state index in [9.17, 15) is 18.0 Å². The molecule has 2 N–H and O–H groups in total. The van der Waals surface area contributed by atoms with Gasteiger partial charge in [-0.25, -0.2) is 0 Å². The Labute approximate surface area is 118 Å². The molecule has 1 unspecified atom stereocenters. The van der Waals surface area contributed by atoms with Gasteiger partial charge in [0.15, 0.2) is 0 Å². The molecule has 7 nitrogen and oxygen atoms in total. The first-order chi connectivity index (χ1) is 9.82. The Kier molecular flexibility index (Phi) is 4.47. The van der Waals surface area contributed by atoms with E-state index in [0.717, 1.165) is 4.57 Å². The van der Waals surface area contributed by atoms with E-state index in [0.29, 0.717) is 6.54 Å². The van der Waals surface area contributed by atoms with Gasteiger partial charge in [-0.3, -0.25) is 9.69 Å². The Bertz CT molecular complexity index is 516. The Morgan fingerprint density at radius 3 is 2.76 bits per heavy atom. The van der Waals surface area contributed by atoms with E-state index in [-0.39, 0.29) is 32.1 Å². The number of esters is 1. The van der Waals surface area contributed by atoms with Gasteiger partial charge >= 0.3 is 12.1 Å². The summed E-state index contributed by atoms with van der Waals surface area (Å²) in [4.78, 5) is 13.2. The number of ether oxygens (including phenoxy) is 1. The highest BCUT2D eigenvalue weighted by Gasteiger charge is 2.39. The lowest BCUT2D eigenvalue weighted by Gasteiger charge is -2.29. The summed E-state index contributed by atoms with van der Waals surface area (Å²) in [6.07, 6.45) is -4.52. The molecule has 0 saturated heterocycles. The summed E-state index contributed by atoms with van der Waals surface area (Å²) in [6.45, 7) is 2.71. The van der Waals surface area contributed by atoms with Gasteiger partial charge in [-0.15, -0.1) is 10.2 Å². The van der Waals surface area contributed by atoms with E-state index >= 15 is 0 Å². The molecule has 21 heavy (non-hydrogen) atoms. The number of fused-ring (bicyclic) bond motifs is 1. The van der Waals surface area contributed by atoms with Crippen LogP contribution >= 0.6 is 0 Å². The van der Waals surface area contributed by atoms with Crippen LogP contribution < -0.4 is 5.73 Å². The molecule has 118 valence electrons. The van der Waals surface area contributed by atoms with Gasteiger partial charge in [0.1, 0.15) is 11.9 Å². The molecule has 1 aromatic rings. The van der Waals surface area contributed by atoms with Crippen LogP contribution in [0.3, 0.4) is 0 Å². The van der Waals surface area contributed by atoms with Crippen LogP contribution in [0.1, 0.15) is 18.6 Å². The molecule has 0 saturated carbocycles. The summed E-state index contributed by atoms with van der Waals surface area (Å²) in [5.74, 6) is -1.31. The molecule has 1 aromatic heterocycles. The molecule has 1 aliphatic rings. The molecule has 10 heteroatoms. The first kappa shape index (κ1) is 15.7. The molecule has 0 radical (unpaired) electrons. The molecular formula is C11H16F3N5O2. The minimum Gasteiger partial charge on any atom is -0.465 e. The normalized spacial score (nSPS) is 17.4. The fourth-order valence-corrected chi connectivity index (χ4v) is 2.18. The van der Waals surface area contributed by atoms with Gasteiger partial charge in [0.05, 0.1) is 13.2 Å². The van der Waals surface area contributed by atoms with Crippen molar-refractivity contribution in [3.8, 4) is 0 Å². The molecule has 0 fully saturated rings. The lowest BCUT2D eigenvalue weighted by Crippen LogP contribution is -2.46. The minimum atomic E-state index is -4.52. The van der Waals surface area contributed by atoms with Crippen LogP contribution in [0.4, 0.5) is 13.2 Å². The highest BCUT2D eigenvalue weighted by Crippen LogP contribution is 2.29. The largest absolute Gasteiger partial charge is 0.465 e. The molecule has 0 amide bonds. The quantitative estimate of drug-likeness (QED) is 0.788. The maximum absolute atomic E-state index is 12.7. The second-order valence-corrected chi connectivity index (χ2v) is 4.68. The highest BCUT2D eigenvalue weighted by atomic mass is 19.4. The summed E-state index contributed by atoms with van der Waals surface area (Å²) < 4.78 is 43.9. The average Bonchev–Trinajstić information content (AvgIpc) is 2.81. The fraction of sp³-hybridized carbons (Fsp3) is 0.727. The van der Waals surface area contributed by atoms with Gasteiger partial charge < -0.3 is 15.0 Å². The van der Waals surface area contributed by atoms with E-state index in [4.69, 9.17) is 10.5 Å². The molecule has 0 aliphatic carbocycles. The van der Waals surface area contributed by atoms with E-state index in [1.54, 1.807) is 11.8 Å². The monoisotopic (exact) mass is 307 g/mol. The van der Waals surface area contributed by atoms with E-state index < -0.39 is 24.0 Å². The average molecular weight is 307 g/mol. The third kappa shape index (κ3) is 3.50. The van der Waals surface area contributed by atoms with Crippen molar-refractivity contribution < 1.29 is 22.7 Å². The number of hydrogen-bond acceptors (Lipinski definition) is 6. The van der Waals surface area contributed by atoms with E-state index in [2.05, 4.69) is 10.2 Å². The van der Waals surface area contributed by atoms with Crippen LogP contribution in [0.2, 0.25) is 0 Å². The second-order valence-electron chi connectivity index (χ2n) is 4.68. The first-order valence-electron chi connectivity index (χ1n) is 6.46. The van der Waals surface area contributed by atoms with Crippen molar-refractivity contribution in [2.75, 3.05) is 19.7 Å². The number of nitrogens with two attached hydrogens (primary N) is 1. The van der Waals surface area contributed by atoms with Gasteiger partial charge in [-0.05, 0) is 6.92 Å². The summed E-state index contributed by atoms with van der Waals surface area (Å²) >= 11 is 0. The lowest BCUT2D eigenvalue weighted by atomic mass is 10.2. The number of aromatic nitrogens is 3. The molecule has 1 atom stereocenters. The number of nitrogens with zero attached hydrogens (tertiary/aromatic N) is 4. The zero-order valence-corrected chi connectivity index (χ0v) is 11.4. The maximum atomic E-state index is 12.7. The standard InChI is InChI=1S/C11H16F3N5O2/c1-2-21-9(20)7(15)5-18-3-4-19-8(6-18)16-17-10(19)11(12,13)14/h7H,2-6,15H2,1H3. The highest BCUT2D eigenvalue weighted by molar-refractivity contribution is 5.75. The predicted octanol–water partition coefficient (Wildman–Crippen LogP) is 0.00290. The maximum Gasteiger partial charge on any atom is 0.451 e. The number of alkyl halides is 3. The molecule has 0 bridgehead atoms. The first-order valence-corrected chi connectivity index (χ1v) is 6.46. The number of carbonyl (C=O) groups excluding carboxylic acids is 1. The van der Waals surface area contributed by atoms with Crippen molar-refractivity contribution in [2.24, 2.45) is 5.73 Å². The van der Waals surface area contributed by atoms with Crippen molar-refractivity contribution in [1.29, 1.82) is 0 Å². The molecule has 0 aromatic carbocycles.